The predicted molar refractivity (Wildman–Crippen MR) is 85.1 cm³/mol. The molecule has 2 aliphatic carbocycles. The van der Waals surface area contributed by atoms with Gasteiger partial charge in [-0.2, -0.15) is 0 Å². The molecule has 0 aromatic heterocycles. The van der Waals surface area contributed by atoms with Gasteiger partial charge in [-0.3, -0.25) is 0 Å². The van der Waals surface area contributed by atoms with Gasteiger partial charge in [-0.05, 0) is 75.6 Å². The Morgan fingerprint density at radius 3 is 2.00 bits per heavy atom. The fraction of sp³-hybridized carbons (Fsp3) is 0.667. The largest absolute Gasteiger partial charge is 0.314 e. The molecule has 2 fully saturated rings. The summed E-state index contributed by atoms with van der Waals surface area (Å²) in [6, 6.07) is 10.7. The maximum Gasteiger partial charge on any atom is 0.00683 e. The van der Waals surface area contributed by atoms with Gasteiger partial charge in [0.25, 0.3) is 0 Å². The average molecular weight is 272 g/mol. The SMILES string of the molecule is c1ccc(CCNC2CC2)c(CCCCNC2CC2)c1. The number of benzene rings is 1. The molecular formula is C18H28N2. The van der Waals surface area contributed by atoms with Crippen LogP contribution in [0.2, 0.25) is 0 Å². The minimum absolute atomic E-state index is 0.829. The van der Waals surface area contributed by atoms with Crippen LogP contribution in [0, 0.1) is 0 Å². The molecule has 0 spiro atoms. The zero-order valence-corrected chi connectivity index (χ0v) is 12.5. The van der Waals surface area contributed by atoms with E-state index in [4.69, 9.17) is 0 Å². The lowest BCUT2D eigenvalue weighted by Gasteiger charge is -2.10. The van der Waals surface area contributed by atoms with E-state index in [0.717, 1.165) is 18.6 Å². The van der Waals surface area contributed by atoms with Gasteiger partial charge in [0.05, 0.1) is 0 Å². The highest BCUT2D eigenvalue weighted by molar-refractivity contribution is 5.27. The molecule has 2 saturated carbocycles. The number of hydrogen-bond donors (Lipinski definition) is 2. The first-order chi connectivity index (χ1) is 9.92. The van der Waals surface area contributed by atoms with Gasteiger partial charge < -0.3 is 10.6 Å². The smallest absolute Gasteiger partial charge is 0.00683 e. The zero-order chi connectivity index (χ0) is 13.6. The monoisotopic (exact) mass is 272 g/mol. The van der Waals surface area contributed by atoms with E-state index in [9.17, 15) is 0 Å². The molecule has 0 amide bonds. The van der Waals surface area contributed by atoms with Crippen molar-refractivity contribution in [2.75, 3.05) is 13.1 Å². The van der Waals surface area contributed by atoms with E-state index in [-0.39, 0.29) is 0 Å². The molecule has 0 heterocycles. The van der Waals surface area contributed by atoms with Crippen molar-refractivity contribution in [2.45, 2.75) is 63.5 Å². The summed E-state index contributed by atoms with van der Waals surface area (Å²) in [5, 5.41) is 7.22. The molecule has 0 saturated heterocycles. The van der Waals surface area contributed by atoms with Crippen molar-refractivity contribution >= 4 is 0 Å². The summed E-state index contributed by atoms with van der Waals surface area (Å²) in [5.41, 5.74) is 3.12. The quantitative estimate of drug-likeness (QED) is 0.640. The van der Waals surface area contributed by atoms with Gasteiger partial charge in [-0.1, -0.05) is 24.3 Å². The average Bonchev–Trinajstić information content (AvgIpc) is 3.35. The van der Waals surface area contributed by atoms with Crippen LogP contribution in [0.3, 0.4) is 0 Å². The topological polar surface area (TPSA) is 24.1 Å². The molecule has 2 aliphatic rings. The van der Waals surface area contributed by atoms with Crippen molar-refractivity contribution in [2.24, 2.45) is 0 Å². The first-order valence-electron chi connectivity index (χ1n) is 8.45. The van der Waals surface area contributed by atoms with Crippen LogP contribution in [0.25, 0.3) is 0 Å². The summed E-state index contributed by atoms with van der Waals surface area (Å²) in [6.45, 7) is 2.35. The fourth-order valence-corrected chi connectivity index (χ4v) is 2.78. The summed E-state index contributed by atoms with van der Waals surface area (Å²) < 4.78 is 0. The molecule has 1 aromatic carbocycles. The Bertz CT molecular complexity index is 408. The first-order valence-corrected chi connectivity index (χ1v) is 8.45. The van der Waals surface area contributed by atoms with E-state index in [0.29, 0.717) is 0 Å². The van der Waals surface area contributed by atoms with Crippen molar-refractivity contribution in [1.29, 1.82) is 0 Å². The van der Waals surface area contributed by atoms with Gasteiger partial charge in [0.2, 0.25) is 0 Å². The van der Waals surface area contributed by atoms with Crippen LogP contribution in [0.15, 0.2) is 24.3 Å². The van der Waals surface area contributed by atoms with E-state index >= 15 is 0 Å². The Kier molecular flexibility index (Phi) is 5.10. The highest BCUT2D eigenvalue weighted by Crippen LogP contribution is 2.20. The van der Waals surface area contributed by atoms with Gasteiger partial charge in [0.15, 0.2) is 0 Å². The summed E-state index contributed by atoms with van der Waals surface area (Å²) in [4.78, 5) is 0. The lowest BCUT2D eigenvalue weighted by Crippen LogP contribution is -2.19. The van der Waals surface area contributed by atoms with Gasteiger partial charge in [0.1, 0.15) is 0 Å². The first kappa shape index (κ1) is 14.1. The van der Waals surface area contributed by atoms with E-state index in [1.807, 2.05) is 0 Å². The summed E-state index contributed by atoms with van der Waals surface area (Å²) in [6.07, 6.45) is 10.6. The zero-order valence-electron chi connectivity index (χ0n) is 12.5. The molecule has 2 heteroatoms. The number of hydrogen-bond acceptors (Lipinski definition) is 2. The third kappa shape index (κ3) is 4.92. The van der Waals surface area contributed by atoms with Crippen molar-refractivity contribution in [3.63, 3.8) is 0 Å². The third-order valence-electron chi connectivity index (χ3n) is 4.41. The van der Waals surface area contributed by atoms with Gasteiger partial charge in [-0.15, -0.1) is 0 Å². The fourth-order valence-electron chi connectivity index (χ4n) is 2.78. The number of rotatable bonds is 10. The van der Waals surface area contributed by atoms with Crippen LogP contribution in [0.1, 0.15) is 49.7 Å². The highest BCUT2D eigenvalue weighted by atomic mass is 14.9. The molecule has 3 rings (SSSR count). The van der Waals surface area contributed by atoms with Crippen LogP contribution in [-0.2, 0) is 12.8 Å². The minimum atomic E-state index is 0.829. The molecule has 20 heavy (non-hydrogen) atoms. The van der Waals surface area contributed by atoms with Crippen LogP contribution >= 0.6 is 0 Å². The molecule has 0 atom stereocenters. The summed E-state index contributed by atoms with van der Waals surface area (Å²) in [7, 11) is 0. The minimum Gasteiger partial charge on any atom is -0.314 e. The highest BCUT2D eigenvalue weighted by Gasteiger charge is 2.20. The van der Waals surface area contributed by atoms with E-state index in [1.165, 1.54) is 57.9 Å². The van der Waals surface area contributed by atoms with Crippen molar-refractivity contribution in [3.8, 4) is 0 Å². The summed E-state index contributed by atoms with van der Waals surface area (Å²) in [5.74, 6) is 0. The molecule has 110 valence electrons. The van der Waals surface area contributed by atoms with Crippen molar-refractivity contribution in [1.82, 2.24) is 10.6 Å². The number of aryl methyl sites for hydroxylation is 1. The second-order valence-electron chi connectivity index (χ2n) is 6.43. The van der Waals surface area contributed by atoms with Crippen molar-refractivity contribution < 1.29 is 0 Å². The lowest BCUT2D eigenvalue weighted by atomic mass is 9.99. The van der Waals surface area contributed by atoms with Crippen LogP contribution in [0.5, 0.6) is 0 Å². The molecule has 0 unspecified atom stereocenters. The van der Waals surface area contributed by atoms with Crippen LogP contribution in [-0.4, -0.2) is 25.2 Å². The third-order valence-corrected chi connectivity index (χ3v) is 4.41. The molecule has 1 aromatic rings. The molecule has 2 nitrogen and oxygen atoms in total. The Hall–Kier alpha value is -0.860. The van der Waals surface area contributed by atoms with E-state index in [1.54, 1.807) is 11.1 Å². The Balaban J connectivity index is 1.36. The molecule has 2 N–H and O–H groups in total. The lowest BCUT2D eigenvalue weighted by molar-refractivity contribution is 0.617. The normalized spacial score (nSPS) is 18.4. The molecular weight excluding hydrogens is 244 g/mol. The second kappa shape index (κ2) is 7.24. The number of unbranched alkanes of at least 4 members (excludes halogenated alkanes) is 1. The maximum absolute atomic E-state index is 3.62. The van der Waals surface area contributed by atoms with Gasteiger partial charge >= 0.3 is 0 Å². The molecule has 0 radical (unpaired) electrons. The van der Waals surface area contributed by atoms with E-state index in [2.05, 4.69) is 34.9 Å². The van der Waals surface area contributed by atoms with Crippen LogP contribution in [0.4, 0.5) is 0 Å². The summed E-state index contributed by atoms with van der Waals surface area (Å²) >= 11 is 0. The van der Waals surface area contributed by atoms with Crippen LogP contribution < -0.4 is 10.6 Å². The number of nitrogens with one attached hydrogen (secondary N) is 2. The predicted octanol–water partition coefficient (Wildman–Crippen LogP) is 3.06. The Morgan fingerprint density at radius 1 is 0.750 bits per heavy atom. The molecule has 0 bridgehead atoms. The molecule has 0 aliphatic heterocycles. The second-order valence-corrected chi connectivity index (χ2v) is 6.43. The maximum atomic E-state index is 3.62. The van der Waals surface area contributed by atoms with Gasteiger partial charge in [0, 0.05) is 12.1 Å². The Morgan fingerprint density at radius 2 is 1.35 bits per heavy atom. The Labute approximate surface area is 123 Å². The van der Waals surface area contributed by atoms with E-state index < -0.39 is 0 Å². The van der Waals surface area contributed by atoms with Gasteiger partial charge in [-0.25, -0.2) is 0 Å². The standard InChI is InChI=1S/C18H28N2/c1-2-6-16(12-14-20-18-10-11-18)15(5-1)7-3-4-13-19-17-8-9-17/h1-2,5-6,17-20H,3-4,7-14H2. The van der Waals surface area contributed by atoms with Crippen molar-refractivity contribution in [3.05, 3.63) is 35.4 Å².